The number of hydrogen-bond donors (Lipinski definition) is 1. The van der Waals surface area contributed by atoms with Crippen molar-refractivity contribution in [1.29, 1.82) is 0 Å². The van der Waals surface area contributed by atoms with Crippen molar-refractivity contribution in [3.8, 4) is 0 Å². The summed E-state index contributed by atoms with van der Waals surface area (Å²) in [6.45, 7) is 1.96. The van der Waals surface area contributed by atoms with E-state index in [1.54, 1.807) is 0 Å². The van der Waals surface area contributed by atoms with E-state index in [2.05, 4.69) is 14.8 Å². The van der Waals surface area contributed by atoms with Crippen molar-refractivity contribution < 1.29 is 19.1 Å². The Morgan fingerprint density at radius 1 is 1.11 bits per heavy atom. The molecule has 2 fully saturated rings. The highest BCUT2D eigenvalue weighted by Gasteiger charge is 2.28. The molecule has 2 rings (SSSR count). The van der Waals surface area contributed by atoms with Crippen LogP contribution in [-0.4, -0.2) is 63.3 Å². The number of hydrogen-bond acceptors (Lipinski definition) is 6. The van der Waals surface area contributed by atoms with E-state index in [4.69, 9.17) is 0 Å². The Hall–Kier alpha value is -1.14. The quantitative estimate of drug-likeness (QED) is 0.723. The Morgan fingerprint density at radius 2 is 1.79 bits per heavy atom. The van der Waals surface area contributed by atoms with Crippen molar-refractivity contribution in [3.05, 3.63) is 0 Å². The van der Waals surface area contributed by atoms with Gasteiger partial charge in [0.1, 0.15) is 12.1 Å². The first kappa shape index (κ1) is 15.9. The highest BCUT2D eigenvalue weighted by molar-refractivity contribution is 5.76. The number of likely N-dealkylation sites (N-methyl/N-ethyl adjacent to an activating group) is 1. The van der Waals surface area contributed by atoms with Crippen molar-refractivity contribution >= 4 is 11.9 Å². The first-order valence-corrected chi connectivity index (χ1v) is 6.69. The van der Waals surface area contributed by atoms with Gasteiger partial charge < -0.3 is 14.8 Å². The number of ether oxygens (including phenoxy) is 2. The number of likely N-dealkylation sites (tertiary alicyclic amines) is 1. The van der Waals surface area contributed by atoms with Crippen LogP contribution in [0.1, 0.15) is 25.7 Å². The van der Waals surface area contributed by atoms with Gasteiger partial charge in [-0.05, 0) is 45.8 Å². The van der Waals surface area contributed by atoms with Crippen LogP contribution in [0.3, 0.4) is 0 Å². The summed E-state index contributed by atoms with van der Waals surface area (Å²) in [4.78, 5) is 23.7. The van der Waals surface area contributed by atoms with Gasteiger partial charge in [0.25, 0.3) is 0 Å². The third kappa shape index (κ3) is 4.80. The van der Waals surface area contributed by atoms with Gasteiger partial charge in [-0.1, -0.05) is 0 Å². The van der Waals surface area contributed by atoms with Crippen LogP contribution in [0.2, 0.25) is 0 Å². The van der Waals surface area contributed by atoms with Gasteiger partial charge in [0.2, 0.25) is 0 Å². The average Bonchev–Trinajstić information content (AvgIpc) is 3.08. The largest absolute Gasteiger partial charge is 0.468 e. The van der Waals surface area contributed by atoms with Crippen LogP contribution in [0, 0.1) is 0 Å². The van der Waals surface area contributed by atoms with Crippen LogP contribution in [0.15, 0.2) is 0 Å². The van der Waals surface area contributed by atoms with Crippen molar-refractivity contribution in [2.75, 3.05) is 34.4 Å². The van der Waals surface area contributed by atoms with Gasteiger partial charge in [-0.2, -0.15) is 0 Å². The number of nitrogens with zero attached hydrogens (tertiary/aromatic N) is 1. The summed E-state index contributed by atoms with van der Waals surface area (Å²) < 4.78 is 9.16. The Kier molecular flexibility index (Phi) is 6.80. The third-order valence-electron chi connectivity index (χ3n) is 3.54. The monoisotopic (exact) mass is 272 g/mol. The Labute approximate surface area is 114 Å². The van der Waals surface area contributed by atoms with Crippen molar-refractivity contribution in [1.82, 2.24) is 10.2 Å². The molecule has 0 unspecified atom stereocenters. The predicted octanol–water partition coefficient (Wildman–Crippen LogP) is 0.165. The molecule has 0 aromatic heterocycles. The third-order valence-corrected chi connectivity index (χ3v) is 3.54. The molecular weight excluding hydrogens is 248 g/mol. The van der Waals surface area contributed by atoms with Gasteiger partial charge in [0.15, 0.2) is 0 Å². The summed E-state index contributed by atoms with van der Waals surface area (Å²) >= 11 is 0. The molecule has 0 aromatic carbocycles. The van der Waals surface area contributed by atoms with Crippen LogP contribution in [0.25, 0.3) is 0 Å². The predicted molar refractivity (Wildman–Crippen MR) is 70.7 cm³/mol. The molecule has 2 aliphatic rings. The van der Waals surface area contributed by atoms with E-state index in [1.807, 2.05) is 11.9 Å². The second-order valence-electron chi connectivity index (χ2n) is 4.83. The highest BCUT2D eigenvalue weighted by Crippen LogP contribution is 2.15. The van der Waals surface area contributed by atoms with Crippen LogP contribution in [-0.2, 0) is 19.1 Å². The van der Waals surface area contributed by atoms with E-state index >= 15 is 0 Å². The summed E-state index contributed by atoms with van der Waals surface area (Å²) in [5.74, 6) is -0.229. The number of esters is 2. The van der Waals surface area contributed by atoms with Gasteiger partial charge in [-0.3, -0.25) is 14.5 Å². The molecule has 6 heteroatoms. The summed E-state index contributed by atoms with van der Waals surface area (Å²) in [6.07, 6.45) is 4.06. The fraction of sp³-hybridized carbons (Fsp3) is 0.846. The molecule has 0 bridgehead atoms. The van der Waals surface area contributed by atoms with E-state index in [1.165, 1.54) is 14.2 Å². The zero-order valence-corrected chi connectivity index (χ0v) is 12.0. The fourth-order valence-electron chi connectivity index (χ4n) is 2.37. The number of rotatable bonds is 2. The minimum Gasteiger partial charge on any atom is -0.468 e. The van der Waals surface area contributed by atoms with Gasteiger partial charge in [0.05, 0.1) is 14.2 Å². The minimum absolute atomic E-state index is 0.0185. The Morgan fingerprint density at radius 3 is 2.21 bits per heavy atom. The zero-order chi connectivity index (χ0) is 14.3. The molecule has 0 aliphatic carbocycles. The van der Waals surface area contributed by atoms with Gasteiger partial charge in [-0.15, -0.1) is 0 Å². The topological polar surface area (TPSA) is 67.9 Å². The van der Waals surface area contributed by atoms with Gasteiger partial charge in [0, 0.05) is 0 Å². The molecule has 0 aromatic rings. The molecule has 110 valence electrons. The normalized spacial score (nSPS) is 26.5. The maximum absolute atomic E-state index is 11.0. The number of nitrogens with one attached hydrogen (secondary N) is 1. The van der Waals surface area contributed by atoms with Crippen LogP contribution < -0.4 is 5.32 Å². The molecule has 0 amide bonds. The van der Waals surface area contributed by atoms with E-state index < -0.39 is 0 Å². The van der Waals surface area contributed by atoms with Crippen molar-refractivity contribution in [3.63, 3.8) is 0 Å². The smallest absolute Gasteiger partial charge is 0.323 e. The minimum atomic E-state index is -0.132. The molecule has 1 N–H and O–H groups in total. The number of methoxy groups -OCH3 is 2. The summed E-state index contributed by atoms with van der Waals surface area (Å²) in [6, 6.07) is -0.0139. The van der Waals surface area contributed by atoms with E-state index in [-0.39, 0.29) is 24.0 Å². The van der Waals surface area contributed by atoms with E-state index in [9.17, 15) is 9.59 Å². The zero-order valence-electron chi connectivity index (χ0n) is 12.0. The van der Waals surface area contributed by atoms with Gasteiger partial charge in [-0.25, -0.2) is 0 Å². The van der Waals surface area contributed by atoms with Crippen molar-refractivity contribution in [2.45, 2.75) is 37.8 Å². The summed E-state index contributed by atoms with van der Waals surface area (Å²) in [5, 5.41) is 3.03. The molecule has 0 saturated carbocycles. The Balaban J connectivity index is 0.000000191. The summed E-state index contributed by atoms with van der Waals surface area (Å²) in [5.41, 5.74) is 0. The second-order valence-corrected chi connectivity index (χ2v) is 4.83. The SMILES string of the molecule is COC(=O)[C@H]1CCCN1.COC(=O)[C@H]1CCCN1C. The lowest BCUT2D eigenvalue weighted by molar-refractivity contribution is -0.145. The molecule has 0 spiro atoms. The first-order chi connectivity index (χ1) is 9.10. The van der Waals surface area contributed by atoms with Crippen molar-refractivity contribution in [2.24, 2.45) is 0 Å². The summed E-state index contributed by atoms with van der Waals surface area (Å²) in [7, 11) is 4.81. The number of carbonyl (C=O) groups is 2. The maximum atomic E-state index is 11.0. The lowest BCUT2D eigenvalue weighted by Crippen LogP contribution is -2.33. The molecule has 19 heavy (non-hydrogen) atoms. The number of carbonyl (C=O) groups excluding carboxylic acids is 2. The average molecular weight is 272 g/mol. The van der Waals surface area contributed by atoms with Gasteiger partial charge >= 0.3 is 11.9 Å². The second kappa shape index (κ2) is 8.12. The molecule has 2 heterocycles. The molecule has 2 aliphatic heterocycles. The molecular formula is C13H24N2O4. The van der Waals surface area contributed by atoms with Crippen LogP contribution >= 0.6 is 0 Å². The molecule has 0 radical (unpaired) electrons. The lowest BCUT2D eigenvalue weighted by Gasteiger charge is -2.15. The lowest BCUT2D eigenvalue weighted by atomic mass is 10.2. The Bertz CT molecular complexity index is 303. The first-order valence-electron chi connectivity index (χ1n) is 6.69. The van der Waals surface area contributed by atoms with E-state index in [0.29, 0.717) is 0 Å². The standard InChI is InChI=1S/C7H13NO2.C6H11NO2/c1-8-5-3-4-6(8)7(9)10-2;1-9-6(8)5-3-2-4-7-5/h6H,3-5H2,1-2H3;5,7H,2-4H2,1H3/t6-;5-/m11/s1. The van der Waals surface area contributed by atoms with Crippen LogP contribution in [0.5, 0.6) is 0 Å². The molecule has 2 saturated heterocycles. The van der Waals surface area contributed by atoms with Crippen LogP contribution in [0.4, 0.5) is 0 Å². The fourth-order valence-corrected chi connectivity index (χ4v) is 2.37. The maximum Gasteiger partial charge on any atom is 0.323 e. The van der Waals surface area contributed by atoms with E-state index in [0.717, 1.165) is 38.8 Å². The molecule has 2 atom stereocenters. The molecule has 6 nitrogen and oxygen atoms in total. The highest BCUT2D eigenvalue weighted by atomic mass is 16.5.